The van der Waals surface area contributed by atoms with Gasteiger partial charge >= 0.3 is 0 Å². The predicted molar refractivity (Wildman–Crippen MR) is 132 cm³/mol. The van der Waals surface area contributed by atoms with Crippen molar-refractivity contribution < 1.29 is 4.79 Å². The van der Waals surface area contributed by atoms with Crippen molar-refractivity contribution in [2.24, 2.45) is 0 Å². The van der Waals surface area contributed by atoms with Crippen molar-refractivity contribution in [3.8, 4) is 11.3 Å². The quantitative estimate of drug-likeness (QED) is 0.469. The molecule has 2 aliphatic rings. The molecule has 2 N–H and O–H groups in total. The lowest BCUT2D eigenvalue weighted by atomic mass is 9.96. The Morgan fingerprint density at radius 1 is 1.03 bits per heavy atom. The summed E-state index contributed by atoms with van der Waals surface area (Å²) in [6, 6.07) is 16.2. The second-order valence-electron chi connectivity index (χ2n) is 9.02. The van der Waals surface area contributed by atoms with Crippen LogP contribution in [0.3, 0.4) is 0 Å². The molecule has 1 unspecified atom stereocenters. The van der Waals surface area contributed by atoms with Crippen molar-refractivity contribution in [1.82, 2.24) is 24.6 Å². The van der Waals surface area contributed by atoms with E-state index in [0.717, 1.165) is 51.8 Å². The minimum atomic E-state index is -0.413. The van der Waals surface area contributed by atoms with Crippen LogP contribution in [0.4, 0.5) is 5.82 Å². The third-order valence-corrected chi connectivity index (χ3v) is 6.96. The van der Waals surface area contributed by atoms with Gasteiger partial charge in [0.05, 0.1) is 11.4 Å². The molecule has 169 valence electrons. The van der Waals surface area contributed by atoms with E-state index in [1.807, 2.05) is 46.1 Å². The molecule has 2 aromatic heterocycles. The molecule has 7 heteroatoms. The standard InChI is InChI=1S/C27H25N6O/c28-26-24-25(31-33(21-6-2-3-7-21)27(24)30-17-29-26)20-11-9-18(10-12-20)15-32-14-13-19-5-1-4-8-22(19)23(32)16-34/h1,4-5,8-14,17,21,23H,2-3,6-7,15H2,(H2,28,29,30). The first-order valence-corrected chi connectivity index (χ1v) is 11.7. The van der Waals surface area contributed by atoms with Crippen molar-refractivity contribution in [3.63, 3.8) is 0 Å². The van der Waals surface area contributed by atoms with Gasteiger partial charge in [0.1, 0.15) is 23.9 Å². The molecule has 1 aliphatic heterocycles. The molecule has 0 saturated heterocycles. The first kappa shape index (κ1) is 20.6. The van der Waals surface area contributed by atoms with Crippen molar-refractivity contribution in [1.29, 1.82) is 0 Å². The third kappa shape index (κ3) is 3.44. The molecule has 0 spiro atoms. The number of nitrogen functional groups attached to an aromatic ring is 1. The molecule has 7 nitrogen and oxygen atoms in total. The summed E-state index contributed by atoms with van der Waals surface area (Å²) >= 11 is 0. The van der Waals surface area contributed by atoms with Crippen LogP contribution in [0.1, 0.15) is 54.5 Å². The van der Waals surface area contributed by atoms with Crippen LogP contribution in [-0.4, -0.2) is 30.9 Å². The topological polar surface area (TPSA) is 89.9 Å². The van der Waals surface area contributed by atoms with E-state index in [2.05, 4.69) is 40.5 Å². The summed E-state index contributed by atoms with van der Waals surface area (Å²) in [5.74, 6) is 0.454. The van der Waals surface area contributed by atoms with Crippen LogP contribution < -0.4 is 5.73 Å². The number of carbonyl (C=O) groups excluding carboxylic acids is 1. The number of nitrogens with two attached hydrogens (primary N) is 1. The lowest BCUT2D eigenvalue weighted by molar-refractivity contribution is 0.320. The Hall–Kier alpha value is -4.00. The first-order chi connectivity index (χ1) is 16.7. The van der Waals surface area contributed by atoms with Crippen molar-refractivity contribution >= 4 is 29.2 Å². The zero-order chi connectivity index (χ0) is 23.1. The highest BCUT2D eigenvalue weighted by Crippen LogP contribution is 2.37. The van der Waals surface area contributed by atoms with Gasteiger partial charge in [0.2, 0.25) is 6.29 Å². The van der Waals surface area contributed by atoms with Crippen molar-refractivity contribution in [2.45, 2.75) is 44.3 Å². The Morgan fingerprint density at radius 2 is 1.82 bits per heavy atom. The van der Waals surface area contributed by atoms with Gasteiger partial charge in [-0.1, -0.05) is 61.4 Å². The summed E-state index contributed by atoms with van der Waals surface area (Å²) in [6.45, 7) is 0.605. The molecule has 0 bridgehead atoms. The number of benzene rings is 2. The minimum Gasteiger partial charge on any atom is -0.383 e. The van der Waals surface area contributed by atoms with Gasteiger partial charge in [-0.2, -0.15) is 5.10 Å². The van der Waals surface area contributed by atoms with Crippen LogP contribution in [-0.2, 0) is 11.3 Å². The monoisotopic (exact) mass is 449 g/mol. The van der Waals surface area contributed by atoms with Crippen molar-refractivity contribution in [3.05, 3.63) is 77.7 Å². The number of hydrogen-bond donors (Lipinski definition) is 1. The summed E-state index contributed by atoms with van der Waals surface area (Å²) in [7, 11) is 0. The van der Waals surface area contributed by atoms with E-state index in [9.17, 15) is 4.79 Å². The van der Waals surface area contributed by atoms with Gasteiger partial charge in [-0.25, -0.2) is 14.6 Å². The number of fused-ring (bicyclic) bond motifs is 2. The largest absolute Gasteiger partial charge is 0.383 e. The number of rotatable bonds is 5. The zero-order valence-electron chi connectivity index (χ0n) is 18.8. The van der Waals surface area contributed by atoms with Gasteiger partial charge in [-0.15, -0.1) is 0 Å². The number of anilines is 1. The second-order valence-corrected chi connectivity index (χ2v) is 9.02. The maximum absolute atomic E-state index is 11.8. The van der Waals surface area contributed by atoms with Gasteiger partial charge < -0.3 is 10.6 Å². The van der Waals surface area contributed by atoms with Crippen LogP contribution >= 0.6 is 0 Å². The highest BCUT2D eigenvalue weighted by atomic mass is 16.1. The molecule has 2 aromatic carbocycles. The SMILES string of the molecule is Nc1ncnc2c1c(-c1ccc(CN3C=Cc4ccccc4C3[C]=O)cc1)nn2C1CCCC1. The highest BCUT2D eigenvalue weighted by molar-refractivity contribution is 5.98. The second kappa shape index (κ2) is 8.41. The summed E-state index contributed by atoms with van der Waals surface area (Å²) in [6.07, 6.45) is 12.4. The van der Waals surface area contributed by atoms with Crippen LogP contribution in [0.25, 0.3) is 28.4 Å². The van der Waals surface area contributed by atoms with Gasteiger partial charge in [0.15, 0.2) is 5.65 Å². The Morgan fingerprint density at radius 3 is 2.62 bits per heavy atom. The van der Waals surface area contributed by atoms with Crippen LogP contribution in [0, 0.1) is 0 Å². The molecular formula is C27H25N6O. The van der Waals surface area contributed by atoms with E-state index in [1.54, 1.807) is 0 Å². The van der Waals surface area contributed by atoms with E-state index in [0.29, 0.717) is 18.4 Å². The fourth-order valence-electron chi connectivity index (χ4n) is 5.21. The summed E-state index contributed by atoms with van der Waals surface area (Å²) in [5.41, 5.74) is 12.0. The smallest absolute Gasteiger partial charge is 0.227 e. The first-order valence-electron chi connectivity index (χ1n) is 11.7. The molecule has 6 rings (SSSR count). The van der Waals surface area contributed by atoms with Gasteiger partial charge in [-0.3, -0.25) is 4.79 Å². The maximum Gasteiger partial charge on any atom is 0.227 e. The van der Waals surface area contributed by atoms with E-state index in [1.165, 1.54) is 19.2 Å². The fourth-order valence-corrected chi connectivity index (χ4v) is 5.21. The summed E-state index contributed by atoms with van der Waals surface area (Å²) in [5, 5.41) is 5.77. The van der Waals surface area contributed by atoms with E-state index in [4.69, 9.17) is 10.8 Å². The van der Waals surface area contributed by atoms with Crippen LogP contribution in [0.15, 0.2) is 61.1 Å². The fraction of sp³-hybridized carbons (Fsp3) is 0.259. The van der Waals surface area contributed by atoms with Crippen LogP contribution in [0.2, 0.25) is 0 Å². The molecule has 1 aliphatic carbocycles. The Kier molecular flexibility index (Phi) is 5.09. The predicted octanol–water partition coefficient (Wildman–Crippen LogP) is 4.83. The van der Waals surface area contributed by atoms with Gasteiger partial charge in [0, 0.05) is 18.3 Å². The van der Waals surface area contributed by atoms with E-state index < -0.39 is 6.04 Å². The Labute approximate surface area is 197 Å². The van der Waals surface area contributed by atoms with E-state index in [-0.39, 0.29) is 0 Å². The molecule has 4 aromatic rings. The molecule has 1 radical (unpaired) electrons. The van der Waals surface area contributed by atoms with Crippen molar-refractivity contribution in [2.75, 3.05) is 5.73 Å². The summed E-state index contributed by atoms with van der Waals surface area (Å²) in [4.78, 5) is 22.6. The lowest BCUT2D eigenvalue weighted by Gasteiger charge is -2.31. The number of aromatic nitrogens is 4. The third-order valence-electron chi connectivity index (χ3n) is 6.96. The zero-order valence-corrected chi connectivity index (χ0v) is 18.8. The molecule has 1 fully saturated rings. The van der Waals surface area contributed by atoms with Crippen LogP contribution in [0.5, 0.6) is 0 Å². The highest BCUT2D eigenvalue weighted by Gasteiger charge is 2.25. The molecule has 0 amide bonds. The Balaban J connectivity index is 1.31. The molecule has 1 saturated carbocycles. The van der Waals surface area contributed by atoms with E-state index >= 15 is 0 Å². The molecule has 3 heterocycles. The lowest BCUT2D eigenvalue weighted by Crippen LogP contribution is -2.27. The maximum atomic E-state index is 11.8. The minimum absolute atomic E-state index is 0.357. The number of hydrogen-bond acceptors (Lipinski definition) is 6. The Bertz CT molecular complexity index is 1380. The molecular weight excluding hydrogens is 424 g/mol. The molecule has 1 atom stereocenters. The average Bonchev–Trinajstić information content (AvgIpc) is 3.53. The normalized spacial score (nSPS) is 17.9. The summed E-state index contributed by atoms with van der Waals surface area (Å²) < 4.78 is 2.05. The number of nitrogens with zero attached hydrogens (tertiary/aromatic N) is 5. The average molecular weight is 450 g/mol. The van der Waals surface area contributed by atoms with Gasteiger partial charge in [0.25, 0.3) is 0 Å². The van der Waals surface area contributed by atoms with Gasteiger partial charge in [-0.05, 0) is 35.6 Å². The molecule has 34 heavy (non-hydrogen) atoms.